The van der Waals surface area contributed by atoms with Crippen LogP contribution in [0.3, 0.4) is 0 Å². The van der Waals surface area contributed by atoms with Gasteiger partial charge in [-0.3, -0.25) is 0 Å². The Labute approximate surface area is 95.7 Å². The molecular formula is C13H19F2N. The highest BCUT2D eigenvalue weighted by Gasteiger charge is 2.16. The summed E-state index contributed by atoms with van der Waals surface area (Å²) in [4.78, 5) is 0. The third kappa shape index (κ3) is 3.89. The first-order valence-corrected chi connectivity index (χ1v) is 5.58. The van der Waals surface area contributed by atoms with E-state index in [9.17, 15) is 8.78 Å². The predicted octanol–water partition coefficient (Wildman–Crippen LogP) is 3.27. The highest BCUT2D eigenvalue weighted by molar-refractivity contribution is 5.18. The SMILES string of the molecule is CC(C)(CCN)CCc1ccc(F)c(F)c1. The largest absolute Gasteiger partial charge is 0.330 e. The van der Waals surface area contributed by atoms with E-state index in [0.29, 0.717) is 6.54 Å². The van der Waals surface area contributed by atoms with Gasteiger partial charge in [-0.2, -0.15) is 0 Å². The van der Waals surface area contributed by atoms with Gasteiger partial charge in [0.15, 0.2) is 11.6 Å². The summed E-state index contributed by atoms with van der Waals surface area (Å²) < 4.78 is 25.7. The molecule has 0 saturated carbocycles. The number of hydrogen-bond donors (Lipinski definition) is 1. The van der Waals surface area contributed by atoms with Crippen LogP contribution in [0.5, 0.6) is 0 Å². The Bertz CT molecular complexity index is 348. The van der Waals surface area contributed by atoms with Gasteiger partial charge < -0.3 is 5.73 Å². The Hall–Kier alpha value is -0.960. The van der Waals surface area contributed by atoms with Crippen molar-refractivity contribution in [1.82, 2.24) is 0 Å². The molecule has 0 bridgehead atoms. The molecule has 0 aliphatic heterocycles. The number of aryl methyl sites for hydroxylation is 1. The van der Waals surface area contributed by atoms with Gasteiger partial charge in [0.1, 0.15) is 0 Å². The number of rotatable bonds is 5. The number of halogens is 2. The average molecular weight is 227 g/mol. The lowest BCUT2D eigenvalue weighted by atomic mass is 9.83. The van der Waals surface area contributed by atoms with Crippen molar-refractivity contribution in [2.24, 2.45) is 11.1 Å². The Kier molecular flexibility index (Phi) is 4.42. The third-order valence-corrected chi connectivity index (χ3v) is 2.90. The van der Waals surface area contributed by atoms with Gasteiger partial charge in [0.25, 0.3) is 0 Å². The quantitative estimate of drug-likeness (QED) is 0.820. The van der Waals surface area contributed by atoms with Gasteiger partial charge in [-0.05, 0) is 48.9 Å². The lowest BCUT2D eigenvalue weighted by molar-refractivity contribution is 0.313. The summed E-state index contributed by atoms with van der Waals surface area (Å²) in [5.41, 5.74) is 6.51. The van der Waals surface area contributed by atoms with Crippen molar-refractivity contribution in [1.29, 1.82) is 0 Å². The zero-order valence-corrected chi connectivity index (χ0v) is 9.89. The normalized spacial score (nSPS) is 11.8. The minimum Gasteiger partial charge on any atom is -0.330 e. The first kappa shape index (κ1) is 13.1. The monoisotopic (exact) mass is 227 g/mol. The van der Waals surface area contributed by atoms with E-state index in [0.717, 1.165) is 24.8 Å². The van der Waals surface area contributed by atoms with Crippen molar-refractivity contribution in [3.63, 3.8) is 0 Å². The molecule has 0 saturated heterocycles. The molecule has 0 aromatic heterocycles. The zero-order valence-electron chi connectivity index (χ0n) is 9.89. The van der Waals surface area contributed by atoms with Crippen molar-refractivity contribution in [3.8, 4) is 0 Å². The molecular weight excluding hydrogens is 208 g/mol. The summed E-state index contributed by atoms with van der Waals surface area (Å²) in [7, 11) is 0. The van der Waals surface area contributed by atoms with E-state index in [4.69, 9.17) is 5.73 Å². The Morgan fingerprint density at radius 1 is 1.12 bits per heavy atom. The summed E-state index contributed by atoms with van der Waals surface area (Å²) in [6.45, 7) is 4.93. The van der Waals surface area contributed by atoms with E-state index in [-0.39, 0.29) is 5.41 Å². The number of benzene rings is 1. The smallest absolute Gasteiger partial charge is 0.159 e. The molecule has 0 atom stereocenters. The highest BCUT2D eigenvalue weighted by Crippen LogP contribution is 2.26. The van der Waals surface area contributed by atoms with Crippen LogP contribution in [0, 0.1) is 17.0 Å². The van der Waals surface area contributed by atoms with Crippen LogP contribution < -0.4 is 5.73 Å². The first-order chi connectivity index (χ1) is 7.44. The third-order valence-electron chi connectivity index (χ3n) is 2.90. The van der Waals surface area contributed by atoms with Crippen LogP contribution in [0.4, 0.5) is 8.78 Å². The van der Waals surface area contributed by atoms with Crippen LogP contribution in [0.2, 0.25) is 0 Å². The molecule has 0 fully saturated rings. The molecule has 1 aromatic carbocycles. The molecule has 1 nitrogen and oxygen atoms in total. The van der Waals surface area contributed by atoms with E-state index >= 15 is 0 Å². The molecule has 0 amide bonds. The molecule has 16 heavy (non-hydrogen) atoms. The molecule has 1 aromatic rings. The Morgan fingerprint density at radius 2 is 1.81 bits per heavy atom. The second-order valence-corrected chi connectivity index (χ2v) is 4.95. The standard InChI is InChI=1S/C13H19F2N/c1-13(2,7-8-16)6-5-10-3-4-11(14)12(15)9-10/h3-4,9H,5-8,16H2,1-2H3. The van der Waals surface area contributed by atoms with E-state index in [2.05, 4.69) is 13.8 Å². The van der Waals surface area contributed by atoms with Gasteiger partial charge in [0, 0.05) is 0 Å². The molecule has 1 rings (SSSR count). The minimum absolute atomic E-state index is 0.152. The van der Waals surface area contributed by atoms with Crippen LogP contribution >= 0.6 is 0 Å². The highest BCUT2D eigenvalue weighted by atomic mass is 19.2. The van der Waals surface area contributed by atoms with Gasteiger partial charge >= 0.3 is 0 Å². The van der Waals surface area contributed by atoms with Crippen molar-refractivity contribution in [2.45, 2.75) is 33.1 Å². The van der Waals surface area contributed by atoms with Crippen LogP contribution in [0.1, 0.15) is 32.3 Å². The van der Waals surface area contributed by atoms with Gasteiger partial charge in [-0.1, -0.05) is 19.9 Å². The zero-order chi connectivity index (χ0) is 12.2. The summed E-state index contributed by atoms with van der Waals surface area (Å²) in [6, 6.07) is 4.09. The number of hydrogen-bond acceptors (Lipinski definition) is 1. The summed E-state index contributed by atoms with van der Waals surface area (Å²) in [5.74, 6) is -1.56. The van der Waals surface area contributed by atoms with Gasteiger partial charge in [0.05, 0.1) is 0 Å². The fraction of sp³-hybridized carbons (Fsp3) is 0.538. The van der Waals surface area contributed by atoms with Gasteiger partial charge in [-0.25, -0.2) is 8.78 Å². The molecule has 0 aliphatic carbocycles. The first-order valence-electron chi connectivity index (χ1n) is 5.58. The van der Waals surface area contributed by atoms with Crippen LogP contribution in [0.15, 0.2) is 18.2 Å². The van der Waals surface area contributed by atoms with E-state index in [1.165, 1.54) is 12.1 Å². The maximum absolute atomic E-state index is 13.0. The molecule has 0 unspecified atom stereocenters. The van der Waals surface area contributed by atoms with E-state index < -0.39 is 11.6 Å². The summed E-state index contributed by atoms with van der Waals surface area (Å²) in [5, 5.41) is 0. The summed E-state index contributed by atoms with van der Waals surface area (Å²) in [6.07, 6.45) is 2.62. The maximum atomic E-state index is 13.0. The Morgan fingerprint density at radius 3 is 2.38 bits per heavy atom. The van der Waals surface area contributed by atoms with Gasteiger partial charge in [-0.15, -0.1) is 0 Å². The van der Waals surface area contributed by atoms with Crippen LogP contribution in [0.25, 0.3) is 0 Å². The average Bonchev–Trinajstić information content (AvgIpc) is 2.20. The molecule has 0 heterocycles. The summed E-state index contributed by atoms with van der Waals surface area (Å²) >= 11 is 0. The second-order valence-electron chi connectivity index (χ2n) is 4.95. The van der Waals surface area contributed by atoms with Crippen molar-refractivity contribution >= 4 is 0 Å². The predicted molar refractivity (Wildman–Crippen MR) is 62.1 cm³/mol. The molecule has 0 spiro atoms. The van der Waals surface area contributed by atoms with E-state index in [1.54, 1.807) is 6.07 Å². The molecule has 0 radical (unpaired) electrons. The number of nitrogens with two attached hydrogens (primary N) is 1. The van der Waals surface area contributed by atoms with Crippen LogP contribution in [-0.4, -0.2) is 6.54 Å². The fourth-order valence-electron chi connectivity index (χ4n) is 1.69. The molecule has 2 N–H and O–H groups in total. The van der Waals surface area contributed by atoms with Crippen molar-refractivity contribution in [3.05, 3.63) is 35.4 Å². The van der Waals surface area contributed by atoms with Crippen molar-refractivity contribution < 1.29 is 8.78 Å². The molecule has 3 heteroatoms. The van der Waals surface area contributed by atoms with Crippen LogP contribution in [-0.2, 0) is 6.42 Å². The van der Waals surface area contributed by atoms with E-state index in [1.807, 2.05) is 0 Å². The molecule has 0 aliphatic rings. The van der Waals surface area contributed by atoms with Gasteiger partial charge in [0.2, 0.25) is 0 Å². The second kappa shape index (κ2) is 5.39. The fourth-order valence-corrected chi connectivity index (χ4v) is 1.69. The topological polar surface area (TPSA) is 26.0 Å². The minimum atomic E-state index is -0.787. The van der Waals surface area contributed by atoms with Crippen molar-refractivity contribution in [2.75, 3.05) is 6.54 Å². The Balaban J connectivity index is 2.57. The molecule has 90 valence electrons. The lowest BCUT2D eigenvalue weighted by Gasteiger charge is -2.23. The maximum Gasteiger partial charge on any atom is 0.159 e. The lowest BCUT2D eigenvalue weighted by Crippen LogP contribution is -2.17.